The fourth-order valence-corrected chi connectivity index (χ4v) is 1.43. The van der Waals surface area contributed by atoms with Gasteiger partial charge in [-0.2, -0.15) is 0 Å². The molecule has 0 bridgehead atoms. The Bertz CT molecular complexity index is 540. The lowest BCUT2D eigenvalue weighted by Crippen LogP contribution is -2.10. The summed E-state index contributed by atoms with van der Waals surface area (Å²) in [4.78, 5) is 0. The van der Waals surface area contributed by atoms with Crippen molar-refractivity contribution < 1.29 is 21.7 Å². The first-order valence-corrected chi connectivity index (χ1v) is 5.77. The van der Waals surface area contributed by atoms with Gasteiger partial charge in [0.2, 0.25) is 0 Å². The minimum atomic E-state index is -6.00. The normalized spacial score (nSPS) is 11.9. The molecule has 0 aliphatic rings. The zero-order valence-corrected chi connectivity index (χ0v) is 11.0. The third kappa shape index (κ3) is 5.72. The Hall–Kier alpha value is -1.59. The summed E-state index contributed by atoms with van der Waals surface area (Å²) in [6.45, 7) is 6.46. The van der Waals surface area contributed by atoms with Gasteiger partial charge in [-0.15, -0.1) is 0 Å². The highest BCUT2D eigenvalue weighted by Gasteiger charge is 2.26. The molecular formula is C13H15BF4O. The van der Waals surface area contributed by atoms with Crippen LogP contribution in [-0.4, -0.2) is 7.25 Å². The molecule has 0 saturated heterocycles. The lowest BCUT2D eigenvalue weighted by molar-refractivity contribution is 0.368. The molecular weight excluding hydrogens is 259 g/mol. The highest BCUT2D eigenvalue weighted by molar-refractivity contribution is 6.50. The number of benzene rings is 1. The predicted octanol–water partition coefficient (Wildman–Crippen LogP) is 5.31. The summed E-state index contributed by atoms with van der Waals surface area (Å²) in [5.41, 5.74) is 1.03. The van der Waals surface area contributed by atoms with Gasteiger partial charge in [0, 0.05) is 12.1 Å². The Balaban J connectivity index is 0.000000312. The number of fused-ring (bicyclic) bond motifs is 1. The maximum absolute atomic E-state index is 9.75. The highest BCUT2D eigenvalue weighted by Crippen LogP contribution is 2.25. The molecule has 0 unspecified atom stereocenters. The summed E-state index contributed by atoms with van der Waals surface area (Å²) in [6, 6.07) is 12.3. The molecule has 1 aromatic heterocycles. The van der Waals surface area contributed by atoms with Crippen LogP contribution in [0.2, 0.25) is 0 Å². The molecule has 0 aliphatic carbocycles. The lowest BCUT2D eigenvalue weighted by atomic mass is 9.93. The van der Waals surface area contributed by atoms with E-state index in [0.717, 1.165) is 16.7 Å². The summed E-state index contributed by atoms with van der Waals surface area (Å²) in [5.74, 6) is 1.02. The van der Waals surface area contributed by atoms with Gasteiger partial charge in [0.1, 0.15) is 0 Å². The molecule has 19 heavy (non-hydrogen) atoms. The Kier molecular flexibility index (Phi) is 4.55. The van der Waals surface area contributed by atoms with Crippen LogP contribution in [0.4, 0.5) is 17.3 Å². The number of hydrogen-bond donors (Lipinski definition) is 0. The van der Waals surface area contributed by atoms with E-state index in [1.54, 1.807) is 0 Å². The SMILES string of the molecule is CC(C)(C)c1ccc2ccccc2[o+]1.F[B-](F)(F)F. The molecule has 0 aliphatic heterocycles. The van der Waals surface area contributed by atoms with Crippen LogP contribution in [0.1, 0.15) is 26.5 Å². The van der Waals surface area contributed by atoms with E-state index >= 15 is 0 Å². The first-order valence-electron chi connectivity index (χ1n) is 5.77. The molecule has 1 heterocycles. The van der Waals surface area contributed by atoms with E-state index in [9.17, 15) is 17.3 Å². The van der Waals surface area contributed by atoms with Gasteiger partial charge in [0.15, 0.2) is 0 Å². The van der Waals surface area contributed by atoms with Crippen molar-refractivity contribution in [2.45, 2.75) is 26.2 Å². The minimum absolute atomic E-state index is 0.0734. The summed E-state index contributed by atoms with van der Waals surface area (Å²) in [6.07, 6.45) is 0. The number of hydrogen-bond acceptors (Lipinski definition) is 0. The molecule has 2 aromatic rings. The second-order valence-corrected chi connectivity index (χ2v) is 5.08. The molecule has 6 heteroatoms. The van der Waals surface area contributed by atoms with E-state index in [0.29, 0.717) is 0 Å². The lowest BCUT2D eigenvalue weighted by Gasteiger charge is -2.07. The zero-order valence-electron chi connectivity index (χ0n) is 11.0. The van der Waals surface area contributed by atoms with Gasteiger partial charge in [0.25, 0.3) is 0 Å². The molecule has 0 amide bonds. The molecule has 0 saturated carbocycles. The number of para-hydroxylation sites is 1. The van der Waals surface area contributed by atoms with Gasteiger partial charge in [0.05, 0.1) is 10.8 Å². The first-order chi connectivity index (χ1) is 8.57. The van der Waals surface area contributed by atoms with Crippen LogP contribution in [0, 0.1) is 0 Å². The smallest absolute Gasteiger partial charge is 0.418 e. The molecule has 1 aromatic carbocycles. The maximum atomic E-state index is 9.75. The zero-order chi connectivity index (χ0) is 14.7. The minimum Gasteiger partial charge on any atom is -0.418 e. The molecule has 0 fully saturated rings. The summed E-state index contributed by atoms with van der Waals surface area (Å²) in [5, 5.41) is 1.15. The van der Waals surface area contributed by atoms with Crippen molar-refractivity contribution in [1.82, 2.24) is 0 Å². The summed E-state index contributed by atoms with van der Waals surface area (Å²) < 4.78 is 44.8. The maximum Gasteiger partial charge on any atom is 0.673 e. The van der Waals surface area contributed by atoms with Gasteiger partial charge in [-0.3, -0.25) is 0 Å². The monoisotopic (exact) mass is 274 g/mol. The summed E-state index contributed by atoms with van der Waals surface area (Å²) in [7, 11) is -6.00. The topological polar surface area (TPSA) is 11.3 Å². The van der Waals surface area contributed by atoms with Crippen LogP contribution in [-0.2, 0) is 5.41 Å². The van der Waals surface area contributed by atoms with Crippen LogP contribution in [0.25, 0.3) is 11.0 Å². The van der Waals surface area contributed by atoms with Gasteiger partial charge < -0.3 is 17.3 Å². The second-order valence-electron chi connectivity index (χ2n) is 5.08. The third-order valence-corrected chi connectivity index (χ3v) is 2.29. The van der Waals surface area contributed by atoms with Crippen molar-refractivity contribution in [2.75, 3.05) is 0 Å². The van der Waals surface area contributed by atoms with Crippen molar-refractivity contribution in [3.05, 3.63) is 42.2 Å². The van der Waals surface area contributed by atoms with E-state index in [1.807, 2.05) is 18.2 Å². The van der Waals surface area contributed by atoms with Crippen LogP contribution in [0.5, 0.6) is 0 Å². The van der Waals surface area contributed by atoms with Gasteiger partial charge in [-0.25, -0.2) is 4.42 Å². The van der Waals surface area contributed by atoms with Crippen molar-refractivity contribution in [3.8, 4) is 0 Å². The van der Waals surface area contributed by atoms with Crippen molar-refractivity contribution in [3.63, 3.8) is 0 Å². The molecule has 0 spiro atoms. The van der Waals surface area contributed by atoms with Crippen molar-refractivity contribution in [2.24, 2.45) is 0 Å². The molecule has 0 atom stereocenters. The quantitative estimate of drug-likeness (QED) is 0.360. The second kappa shape index (κ2) is 5.59. The molecule has 2 rings (SSSR count). The van der Waals surface area contributed by atoms with Crippen molar-refractivity contribution >= 4 is 18.2 Å². The fourth-order valence-electron chi connectivity index (χ4n) is 1.43. The Labute approximate surface area is 109 Å². The van der Waals surface area contributed by atoms with Crippen molar-refractivity contribution in [1.29, 1.82) is 0 Å². The Morgan fingerprint density at radius 2 is 1.42 bits per heavy atom. The Morgan fingerprint density at radius 3 is 1.95 bits per heavy atom. The van der Waals surface area contributed by atoms with E-state index in [1.165, 1.54) is 0 Å². The van der Waals surface area contributed by atoms with Crippen LogP contribution in [0.3, 0.4) is 0 Å². The average Bonchev–Trinajstić information content (AvgIpc) is 2.25. The van der Waals surface area contributed by atoms with Gasteiger partial charge in [-0.05, 0) is 32.9 Å². The van der Waals surface area contributed by atoms with E-state index in [2.05, 4.69) is 39.0 Å². The predicted molar refractivity (Wildman–Crippen MR) is 69.5 cm³/mol. The number of halogens is 4. The molecule has 0 radical (unpaired) electrons. The van der Waals surface area contributed by atoms with E-state index in [4.69, 9.17) is 4.42 Å². The average molecular weight is 274 g/mol. The van der Waals surface area contributed by atoms with E-state index < -0.39 is 7.25 Å². The standard InChI is InChI=1S/C13H15O.BF4/c1-13(2,3)12-9-8-10-6-4-5-7-11(10)14-12;2-1(3,4)5/h4-9H,1-3H3;/q+1;-1. The van der Waals surface area contributed by atoms with Gasteiger partial charge in [-0.1, -0.05) is 12.1 Å². The highest BCUT2D eigenvalue weighted by atomic mass is 19.5. The van der Waals surface area contributed by atoms with Crippen LogP contribution >= 0.6 is 0 Å². The molecule has 1 nitrogen and oxygen atoms in total. The molecule has 0 N–H and O–H groups in total. The summed E-state index contributed by atoms with van der Waals surface area (Å²) >= 11 is 0. The van der Waals surface area contributed by atoms with Crippen LogP contribution < -0.4 is 0 Å². The molecule has 104 valence electrons. The third-order valence-electron chi connectivity index (χ3n) is 2.29. The Morgan fingerprint density at radius 1 is 0.895 bits per heavy atom. The largest absolute Gasteiger partial charge is 0.673 e. The van der Waals surface area contributed by atoms with Crippen LogP contribution in [0.15, 0.2) is 40.8 Å². The van der Waals surface area contributed by atoms with Gasteiger partial charge >= 0.3 is 18.6 Å². The fraction of sp³-hybridized carbons (Fsp3) is 0.308. The number of rotatable bonds is 0. The van der Waals surface area contributed by atoms with E-state index in [-0.39, 0.29) is 5.41 Å². The first kappa shape index (κ1) is 15.5.